The highest BCUT2D eigenvalue weighted by atomic mass is 15.3. The molecule has 0 unspecified atom stereocenters. The number of hydrogen-bond donors (Lipinski definition) is 0. The van der Waals surface area contributed by atoms with Gasteiger partial charge in [-0.3, -0.25) is 0 Å². The maximum absolute atomic E-state index is 4.84. The minimum absolute atomic E-state index is 1.01. The van der Waals surface area contributed by atoms with Crippen LogP contribution >= 0.6 is 0 Å². The van der Waals surface area contributed by atoms with Crippen molar-refractivity contribution < 1.29 is 0 Å². The fourth-order valence-corrected chi connectivity index (χ4v) is 3.18. The van der Waals surface area contributed by atoms with Crippen LogP contribution in [0.3, 0.4) is 0 Å². The zero-order chi connectivity index (χ0) is 18.6. The molecule has 0 bridgehead atoms. The largest absolute Gasteiger partial charge is 0.233 e. The Hall–Kier alpha value is -3.39. The fourth-order valence-electron chi connectivity index (χ4n) is 3.18. The quantitative estimate of drug-likeness (QED) is 0.543. The minimum atomic E-state index is 1.01. The van der Waals surface area contributed by atoms with Crippen LogP contribution < -0.4 is 10.6 Å². The molecule has 0 saturated carbocycles. The SMILES string of the molecule is Cc1ccc(/C=c2\c(=C/c3ccccc3)c(C)nn2-c2ccccc2)cc1. The molecule has 4 rings (SSSR count). The molecule has 0 aliphatic heterocycles. The van der Waals surface area contributed by atoms with Gasteiger partial charge in [-0.2, -0.15) is 5.10 Å². The first-order chi connectivity index (χ1) is 13.2. The molecule has 3 aromatic carbocycles. The highest BCUT2D eigenvalue weighted by Crippen LogP contribution is 2.06. The summed E-state index contributed by atoms with van der Waals surface area (Å²) < 4.78 is 2.03. The summed E-state index contributed by atoms with van der Waals surface area (Å²) in [6.45, 7) is 4.18. The summed E-state index contributed by atoms with van der Waals surface area (Å²) >= 11 is 0. The Bertz CT molecular complexity index is 1150. The standard InChI is InChI=1S/C25H22N2/c1-19-13-15-22(16-14-19)18-25-24(17-21-9-5-3-6-10-21)20(2)26-27(25)23-11-7-4-8-12-23/h3-18H,1-2H3/b24-17-,25-18+. The molecule has 0 fully saturated rings. The first kappa shape index (κ1) is 17.0. The number of rotatable bonds is 3. The molecule has 2 heteroatoms. The molecule has 0 atom stereocenters. The second kappa shape index (κ2) is 7.46. The van der Waals surface area contributed by atoms with Crippen LogP contribution in [0.2, 0.25) is 0 Å². The molecule has 2 nitrogen and oxygen atoms in total. The van der Waals surface area contributed by atoms with E-state index in [-0.39, 0.29) is 0 Å². The van der Waals surface area contributed by atoms with Crippen molar-refractivity contribution in [3.63, 3.8) is 0 Å². The van der Waals surface area contributed by atoms with Crippen LogP contribution in [0.1, 0.15) is 22.4 Å². The lowest BCUT2D eigenvalue weighted by Gasteiger charge is -2.02. The number of hydrogen-bond acceptors (Lipinski definition) is 1. The Morgan fingerprint density at radius 1 is 0.667 bits per heavy atom. The van der Waals surface area contributed by atoms with Gasteiger partial charge in [0.2, 0.25) is 0 Å². The molecule has 1 aromatic heterocycles. The maximum Gasteiger partial charge on any atom is 0.0750 e. The van der Waals surface area contributed by atoms with Gasteiger partial charge in [0.05, 0.1) is 16.7 Å². The molecule has 0 saturated heterocycles. The molecule has 27 heavy (non-hydrogen) atoms. The van der Waals surface area contributed by atoms with E-state index in [0.29, 0.717) is 0 Å². The zero-order valence-electron chi connectivity index (χ0n) is 15.6. The predicted molar refractivity (Wildman–Crippen MR) is 112 cm³/mol. The zero-order valence-corrected chi connectivity index (χ0v) is 15.6. The van der Waals surface area contributed by atoms with Gasteiger partial charge in [0, 0.05) is 5.22 Å². The van der Waals surface area contributed by atoms with E-state index in [2.05, 4.69) is 86.7 Å². The van der Waals surface area contributed by atoms with Gasteiger partial charge in [-0.25, -0.2) is 4.68 Å². The van der Waals surface area contributed by atoms with E-state index in [1.54, 1.807) is 0 Å². The molecule has 0 aliphatic rings. The molecular weight excluding hydrogens is 328 g/mol. The van der Waals surface area contributed by atoms with E-state index in [1.807, 2.05) is 28.9 Å². The van der Waals surface area contributed by atoms with Gasteiger partial charge in [-0.1, -0.05) is 78.4 Å². The topological polar surface area (TPSA) is 17.8 Å². The number of benzene rings is 3. The van der Waals surface area contributed by atoms with Crippen LogP contribution in [0, 0.1) is 13.8 Å². The monoisotopic (exact) mass is 350 g/mol. The number of nitrogens with zero attached hydrogens (tertiary/aromatic N) is 2. The molecule has 1 heterocycles. The van der Waals surface area contributed by atoms with E-state index in [9.17, 15) is 0 Å². The van der Waals surface area contributed by atoms with Crippen molar-refractivity contribution in [2.24, 2.45) is 0 Å². The molecule has 0 N–H and O–H groups in total. The number of para-hydroxylation sites is 1. The van der Waals surface area contributed by atoms with Crippen LogP contribution in [0.15, 0.2) is 84.9 Å². The fraction of sp³-hybridized carbons (Fsp3) is 0.0800. The summed E-state index contributed by atoms with van der Waals surface area (Å²) in [5, 5.41) is 7.08. The van der Waals surface area contributed by atoms with Gasteiger partial charge in [-0.05, 0) is 49.3 Å². The Balaban J connectivity index is 2.01. The van der Waals surface area contributed by atoms with Crippen LogP contribution in [-0.4, -0.2) is 9.78 Å². The van der Waals surface area contributed by atoms with Crippen molar-refractivity contribution in [3.05, 3.63) is 118 Å². The van der Waals surface area contributed by atoms with Crippen LogP contribution in [-0.2, 0) is 0 Å². The Labute approximate surface area is 159 Å². The lowest BCUT2D eigenvalue weighted by molar-refractivity contribution is 0.839. The summed E-state index contributed by atoms with van der Waals surface area (Å²) in [6, 6.07) is 29.3. The summed E-state index contributed by atoms with van der Waals surface area (Å²) in [5.74, 6) is 0. The Morgan fingerprint density at radius 3 is 1.93 bits per heavy atom. The molecular formula is C25H22N2. The lowest BCUT2D eigenvalue weighted by Crippen LogP contribution is -2.29. The molecule has 132 valence electrons. The van der Waals surface area contributed by atoms with Gasteiger partial charge < -0.3 is 0 Å². The van der Waals surface area contributed by atoms with E-state index < -0.39 is 0 Å². The molecule has 0 radical (unpaired) electrons. The lowest BCUT2D eigenvalue weighted by atomic mass is 10.1. The van der Waals surface area contributed by atoms with Crippen molar-refractivity contribution in [2.45, 2.75) is 13.8 Å². The summed E-state index contributed by atoms with van der Waals surface area (Å²) in [6.07, 6.45) is 4.42. The molecule has 0 aliphatic carbocycles. The van der Waals surface area contributed by atoms with E-state index in [0.717, 1.165) is 21.9 Å². The third-order valence-electron chi connectivity index (χ3n) is 4.64. The second-order valence-corrected chi connectivity index (χ2v) is 6.74. The molecule has 0 amide bonds. The predicted octanol–water partition coefficient (Wildman–Crippen LogP) is 4.15. The first-order valence-electron chi connectivity index (χ1n) is 9.17. The second-order valence-electron chi connectivity index (χ2n) is 6.74. The van der Waals surface area contributed by atoms with Crippen LogP contribution in [0.25, 0.3) is 17.8 Å². The highest BCUT2D eigenvalue weighted by Gasteiger charge is 2.06. The summed E-state index contributed by atoms with van der Waals surface area (Å²) in [4.78, 5) is 0. The average molecular weight is 350 g/mol. The van der Waals surface area contributed by atoms with Crippen molar-refractivity contribution in [2.75, 3.05) is 0 Å². The number of aryl methyl sites for hydroxylation is 2. The maximum atomic E-state index is 4.84. The van der Waals surface area contributed by atoms with Crippen molar-refractivity contribution in [1.29, 1.82) is 0 Å². The molecule has 4 aromatic rings. The normalized spacial score (nSPS) is 12.5. The first-order valence-corrected chi connectivity index (χ1v) is 9.17. The van der Waals surface area contributed by atoms with E-state index in [1.165, 1.54) is 16.7 Å². The highest BCUT2D eigenvalue weighted by molar-refractivity contribution is 5.55. The van der Waals surface area contributed by atoms with E-state index >= 15 is 0 Å². The smallest absolute Gasteiger partial charge is 0.0750 e. The Kier molecular flexibility index (Phi) is 4.71. The van der Waals surface area contributed by atoms with Gasteiger partial charge in [-0.15, -0.1) is 0 Å². The third-order valence-corrected chi connectivity index (χ3v) is 4.64. The van der Waals surface area contributed by atoms with E-state index in [4.69, 9.17) is 5.10 Å². The van der Waals surface area contributed by atoms with Gasteiger partial charge in [0.1, 0.15) is 0 Å². The summed E-state index contributed by atoms with van der Waals surface area (Å²) in [5.41, 5.74) is 5.68. The van der Waals surface area contributed by atoms with Crippen molar-refractivity contribution >= 4 is 12.2 Å². The minimum Gasteiger partial charge on any atom is -0.233 e. The van der Waals surface area contributed by atoms with Crippen molar-refractivity contribution in [1.82, 2.24) is 9.78 Å². The average Bonchev–Trinajstić information content (AvgIpc) is 3.01. The van der Waals surface area contributed by atoms with Crippen LogP contribution in [0.5, 0.6) is 0 Å². The van der Waals surface area contributed by atoms with Gasteiger partial charge >= 0.3 is 0 Å². The molecule has 0 spiro atoms. The number of aromatic nitrogens is 2. The van der Waals surface area contributed by atoms with Crippen LogP contribution in [0.4, 0.5) is 0 Å². The van der Waals surface area contributed by atoms with Crippen molar-refractivity contribution in [3.8, 4) is 5.69 Å². The summed E-state index contributed by atoms with van der Waals surface area (Å²) in [7, 11) is 0. The third kappa shape index (κ3) is 3.75. The van der Waals surface area contributed by atoms with Gasteiger partial charge in [0.25, 0.3) is 0 Å². The van der Waals surface area contributed by atoms with Gasteiger partial charge in [0.15, 0.2) is 0 Å². The Morgan fingerprint density at radius 2 is 1.26 bits per heavy atom.